The van der Waals surface area contributed by atoms with Crippen LogP contribution in [0.15, 0.2) is 71.8 Å². The Morgan fingerprint density at radius 3 is 2.64 bits per heavy atom. The van der Waals surface area contributed by atoms with Gasteiger partial charge in [0.05, 0.1) is 6.21 Å². The minimum atomic E-state index is -0.419. The lowest BCUT2D eigenvalue weighted by Crippen LogP contribution is -2.34. The summed E-state index contributed by atoms with van der Waals surface area (Å²) in [5.41, 5.74) is 4.24. The molecule has 1 amide bonds. The van der Waals surface area contributed by atoms with Gasteiger partial charge in [0, 0.05) is 10.7 Å². The van der Waals surface area contributed by atoms with Crippen molar-refractivity contribution in [3.05, 3.63) is 77.3 Å². The number of halogens is 1. The molecule has 3 aromatic rings. The quantitative estimate of drug-likeness (QED) is 0.527. The Bertz CT molecular complexity index is 923. The van der Waals surface area contributed by atoms with Gasteiger partial charge in [-0.25, -0.2) is 5.43 Å². The molecule has 126 valence electrons. The summed E-state index contributed by atoms with van der Waals surface area (Å²) in [5, 5.41) is 10.1. The van der Waals surface area contributed by atoms with E-state index in [0.29, 0.717) is 5.02 Å². The monoisotopic (exact) mass is 351 g/mol. The number of anilines is 1. The number of hydrazone groups is 1. The van der Waals surface area contributed by atoms with Gasteiger partial charge in [0.25, 0.3) is 5.91 Å². The zero-order valence-corrected chi connectivity index (χ0v) is 14.5. The molecule has 0 aromatic heterocycles. The number of benzene rings is 3. The second-order valence-corrected chi connectivity index (χ2v) is 6.15. The standard InChI is InChI=1S/C20H18ClN3O/c1-14(20(25)24-22-13-15-5-4-8-18(21)11-15)23-19-10-9-16-6-2-3-7-17(16)12-19/h2-14,23H,1H3,(H,24,25)/t14-/m1/s1. The van der Waals surface area contributed by atoms with Crippen molar-refractivity contribution in [3.63, 3.8) is 0 Å². The first-order chi connectivity index (χ1) is 12.1. The molecule has 0 saturated heterocycles. The maximum absolute atomic E-state index is 12.2. The zero-order chi connectivity index (χ0) is 17.6. The lowest BCUT2D eigenvalue weighted by molar-refractivity contribution is -0.121. The van der Waals surface area contributed by atoms with Gasteiger partial charge in [-0.15, -0.1) is 0 Å². The molecule has 4 nitrogen and oxygen atoms in total. The van der Waals surface area contributed by atoms with Crippen molar-refractivity contribution >= 4 is 40.2 Å². The van der Waals surface area contributed by atoms with Gasteiger partial charge < -0.3 is 5.32 Å². The van der Waals surface area contributed by atoms with Gasteiger partial charge in [-0.3, -0.25) is 4.79 Å². The molecule has 0 radical (unpaired) electrons. The van der Waals surface area contributed by atoms with Crippen LogP contribution < -0.4 is 10.7 Å². The topological polar surface area (TPSA) is 53.5 Å². The van der Waals surface area contributed by atoms with Crippen LogP contribution in [-0.4, -0.2) is 18.2 Å². The van der Waals surface area contributed by atoms with Crippen molar-refractivity contribution in [1.29, 1.82) is 0 Å². The third kappa shape index (κ3) is 4.58. The number of nitrogens with one attached hydrogen (secondary N) is 2. The lowest BCUT2D eigenvalue weighted by atomic mass is 10.1. The van der Waals surface area contributed by atoms with E-state index in [9.17, 15) is 4.79 Å². The van der Waals surface area contributed by atoms with E-state index in [1.54, 1.807) is 25.3 Å². The van der Waals surface area contributed by atoms with Gasteiger partial charge in [-0.2, -0.15) is 5.10 Å². The maximum atomic E-state index is 12.2. The van der Waals surface area contributed by atoms with Crippen LogP contribution in [0.25, 0.3) is 10.8 Å². The smallest absolute Gasteiger partial charge is 0.262 e. The molecule has 0 saturated carbocycles. The molecule has 5 heteroatoms. The third-order valence-electron chi connectivity index (χ3n) is 3.76. The normalized spacial score (nSPS) is 12.2. The summed E-state index contributed by atoms with van der Waals surface area (Å²) in [7, 11) is 0. The fourth-order valence-electron chi connectivity index (χ4n) is 2.45. The summed E-state index contributed by atoms with van der Waals surface area (Å²) in [4.78, 5) is 12.2. The van der Waals surface area contributed by atoms with E-state index in [-0.39, 0.29) is 5.91 Å². The van der Waals surface area contributed by atoms with Gasteiger partial charge in [0.15, 0.2) is 0 Å². The molecule has 25 heavy (non-hydrogen) atoms. The van der Waals surface area contributed by atoms with E-state index in [4.69, 9.17) is 11.6 Å². The van der Waals surface area contributed by atoms with Crippen molar-refractivity contribution < 1.29 is 4.79 Å². The van der Waals surface area contributed by atoms with Crippen LogP contribution in [0.5, 0.6) is 0 Å². The van der Waals surface area contributed by atoms with Crippen molar-refractivity contribution in [2.75, 3.05) is 5.32 Å². The highest BCUT2D eigenvalue weighted by molar-refractivity contribution is 6.30. The number of hydrogen-bond donors (Lipinski definition) is 2. The Balaban J connectivity index is 1.59. The van der Waals surface area contributed by atoms with Crippen LogP contribution in [0.2, 0.25) is 5.02 Å². The maximum Gasteiger partial charge on any atom is 0.262 e. The van der Waals surface area contributed by atoms with Gasteiger partial charge in [-0.1, -0.05) is 54.1 Å². The van der Waals surface area contributed by atoms with Crippen LogP contribution in [0.3, 0.4) is 0 Å². The summed E-state index contributed by atoms with van der Waals surface area (Å²) in [6.45, 7) is 1.79. The average molecular weight is 352 g/mol. The summed E-state index contributed by atoms with van der Waals surface area (Å²) in [6, 6.07) is 20.9. The van der Waals surface area contributed by atoms with Crippen LogP contribution in [0.1, 0.15) is 12.5 Å². The van der Waals surface area contributed by atoms with Gasteiger partial charge in [0.1, 0.15) is 6.04 Å². The number of nitrogens with zero attached hydrogens (tertiary/aromatic N) is 1. The molecule has 0 unspecified atom stereocenters. The summed E-state index contributed by atoms with van der Waals surface area (Å²) in [6.07, 6.45) is 1.56. The molecule has 2 N–H and O–H groups in total. The van der Waals surface area contributed by atoms with E-state index in [1.807, 2.05) is 48.5 Å². The Morgan fingerprint density at radius 2 is 1.84 bits per heavy atom. The molecular weight excluding hydrogens is 334 g/mol. The van der Waals surface area contributed by atoms with E-state index in [1.165, 1.54) is 0 Å². The number of amides is 1. The number of carbonyl (C=O) groups is 1. The van der Waals surface area contributed by atoms with Crippen LogP contribution in [-0.2, 0) is 4.79 Å². The van der Waals surface area contributed by atoms with Gasteiger partial charge in [0.2, 0.25) is 0 Å². The predicted octanol–water partition coefficient (Wildman–Crippen LogP) is 4.44. The molecule has 3 rings (SSSR count). The number of fused-ring (bicyclic) bond motifs is 1. The first kappa shape index (κ1) is 17.0. The van der Waals surface area contributed by atoms with Crippen molar-refractivity contribution in [3.8, 4) is 0 Å². The van der Waals surface area contributed by atoms with Crippen LogP contribution in [0.4, 0.5) is 5.69 Å². The Kier molecular flexibility index (Phi) is 5.31. The largest absolute Gasteiger partial charge is 0.374 e. The fourth-order valence-corrected chi connectivity index (χ4v) is 2.65. The molecule has 0 bridgehead atoms. The third-order valence-corrected chi connectivity index (χ3v) is 4.00. The number of hydrogen-bond acceptors (Lipinski definition) is 3. The van der Waals surface area contributed by atoms with E-state index in [2.05, 4.69) is 21.9 Å². The highest BCUT2D eigenvalue weighted by Crippen LogP contribution is 2.19. The molecule has 3 aromatic carbocycles. The molecule has 0 aliphatic rings. The molecule has 0 heterocycles. The first-order valence-corrected chi connectivity index (χ1v) is 8.33. The SMILES string of the molecule is C[C@@H](Nc1ccc2ccccc2c1)C(=O)NN=Cc1cccc(Cl)c1. The van der Waals surface area contributed by atoms with E-state index in [0.717, 1.165) is 22.0 Å². The van der Waals surface area contributed by atoms with E-state index >= 15 is 0 Å². The Morgan fingerprint density at radius 1 is 1.04 bits per heavy atom. The fraction of sp³-hybridized carbons (Fsp3) is 0.100. The molecule has 1 atom stereocenters. The second-order valence-electron chi connectivity index (χ2n) is 5.72. The summed E-state index contributed by atoms with van der Waals surface area (Å²) in [5.74, 6) is -0.216. The zero-order valence-electron chi connectivity index (χ0n) is 13.7. The number of carbonyl (C=O) groups excluding carboxylic acids is 1. The second kappa shape index (κ2) is 7.81. The summed E-state index contributed by atoms with van der Waals surface area (Å²) >= 11 is 5.91. The first-order valence-electron chi connectivity index (χ1n) is 7.96. The molecule has 0 spiro atoms. The summed E-state index contributed by atoms with van der Waals surface area (Å²) < 4.78 is 0. The minimum absolute atomic E-state index is 0.216. The van der Waals surface area contributed by atoms with Crippen LogP contribution >= 0.6 is 11.6 Å². The highest BCUT2D eigenvalue weighted by Gasteiger charge is 2.11. The van der Waals surface area contributed by atoms with Crippen molar-refractivity contribution in [2.24, 2.45) is 5.10 Å². The minimum Gasteiger partial charge on any atom is -0.374 e. The molecule has 0 aliphatic carbocycles. The number of rotatable bonds is 5. The highest BCUT2D eigenvalue weighted by atomic mass is 35.5. The molecular formula is C20H18ClN3O. The predicted molar refractivity (Wildman–Crippen MR) is 104 cm³/mol. The van der Waals surface area contributed by atoms with Crippen molar-refractivity contribution in [2.45, 2.75) is 13.0 Å². The van der Waals surface area contributed by atoms with E-state index < -0.39 is 6.04 Å². The van der Waals surface area contributed by atoms with Crippen molar-refractivity contribution in [1.82, 2.24) is 5.43 Å². The van der Waals surface area contributed by atoms with Crippen LogP contribution in [0, 0.1) is 0 Å². The van der Waals surface area contributed by atoms with Gasteiger partial charge in [-0.05, 0) is 47.5 Å². The Labute approximate surface area is 151 Å². The Hall–Kier alpha value is -2.85. The molecule has 0 fully saturated rings. The molecule has 0 aliphatic heterocycles. The average Bonchev–Trinajstić information content (AvgIpc) is 2.61. The lowest BCUT2D eigenvalue weighted by Gasteiger charge is -2.14. The van der Waals surface area contributed by atoms with Gasteiger partial charge >= 0.3 is 0 Å².